The highest BCUT2D eigenvalue weighted by Crippen LogP contribution is 2.30. The number of hydrogen-bond donors (Lipinski definition) is 2. The number of rotatable bonds is 8. The van der Waals surface area contributed by atoms with Gasteiger partial charge in [-0.25, -0.2) is 8.42 Å². The molecule has 0 aromatic heterocycles. The number of nitrogens with one attached hydrogen (secondary N) is 2. The van der Waals surface area contributed by atoms with Crippen molar-refractivity contribution in [2.75, 3.05) is 17.9 Å². The van der Waals surface area contributed by atoms with Gasteiger partial charge in [-0.05, 0) is 60.2 Å². The molecule has 7 heteroatoms. The first-order valence-corrected chi connectivity index (χ1v) is 12.7. The topological polar surface area (TPSA) is 84.5 Å². The van der Waals surface area contributed by atoms with Gasteiger partial charge in [-0.15, -0.1) is 0 Å². The first kappa shape index (κ1) is 25.3. The highest BCUT2D eigenvalue weighted by atomic mass is 32.2. The molecule has 0 fully saturated rings. The quantitative estimate of drug-likeness (QED) is 0.434. The first-order valence-electron chi connectivity index (χ1n) is 11.2. The molecule has 6 nitrogen and oxygen atoms in total. The molecule has 1 amide bonds. The maximum Gasteiger partial charge on any atom is 0.262 e. The number of carbonyl (C=O) groups is 1. The normalized spacial score (nSPS) is 11.7. The Balaban J connectivity index is 1.67. The van der Waals surface area contributed by atoms with Crippen molar-refractivity contribution in [3.8, 4) is 5.75 Å². The monoisotopic (exact) mass is 480 g/mol. The molecule has 0 aliphatic carbocycles. The Morgan fingerprint density at radius 1 is 0.912 bits per heavy atom. The van der Waals surface area contributed by atoms with E-state index in [1.54, 1.807) is 31.2 Å². The number of carbonyl (C=O) groups excluding carboxylic acids is 1. The molecule has 0 bridgehead atoms. The number of ether oxygens (including phenoxy) is 1. The Morgan fingerprint density at radius 2 is 1.59 bits per heavy atom. The summed E-state index contributed by atoms with van der Waals surface area (Å²) in [5, 5.41) is 2.81. The lowest BCUT2D eigenvalue weighted by atomic mass is 9.86. The predicted octanol–water partition coefficient (Wildman–Crippen LogP) is 5.21. The number of benzene rings is 3. The van der Waals surface area contributed by atoms with Crippen LogP contribution in [0.25, 0.3) is 0 Å². The molecule has 0 aliphatic rings. The number of para-hydroxylation sites is 2. The molecule has 180 valence electrons. The summed E-state index contributed by atoms with van der Waals surface area (Å²) in [5.74, 6) is 0.426. The van der Waals surface area contributed by atoms with E-state index < -0.39 is 10.0 Å². The van der Waals surface area contributed by atoms with Crippen molar-refractivity contribution in [3.05, 3.63) is 89.0 Å². The van der Waals surface area contributed by atoms with Crippen LogP contribution in [0.15, 0.2) is 71.6 Å². The van der Waals surface area contributed by atoms with Crippen molar-refractivity contribution in [1.29, 1.82) is 0 Å². The van der Waals surface area contributed by atoms with E-state index >= 15 is 0 Å². The Bertz CT molecular complexity index is 1280. The standard InChI is InChI=1S/C27H32N2O4S/c1-19-10-6-8-12-23(19)29-34(31,32)25-18-21(15-14-20(25)2)26(30)28-16-17-33-24-13-9-7-11-22(24)27(3,4)5/h6-15,18,29H,16-17H2,1-5H3,(H,28,30). The van der Waals surface area contributed by atoms with Crippen molar-refractivity contribution in [2.24, 2.45) is 0 Å². The fourth-order valence-electron chi connectivity index (χ4n) is 3.56. The summed E-state index contributed by atoms with van der Waals surface area (Å²) in [6.07, 6.45) is 0. The molecule has 3 rings (SSSR count). The van der Waals surface area contributed by atoms with Crippen LogP contribution in [0.1, 0.15) is 47.8 Å². The minimum atomic E-state index is -3.86. The van der Waals surface area contributed by atoms with Crippen LogP contribution >= 0.6 is 0 Å². The van der Waals surface area contributed by atoms with Crippen LogP contribution in [0, 0.1) is 13.8 Å². The second-order valence-electron chi connectivity index (χ2n) is 9.25. The SMILES string of the molecule is Cc1ccccc1NS(=O)(=O)c1cc(C(=O)NCCOc2ccccc2C(C)(C)C)ccc1C. The average molecular weight is 481 g/mol. The van der Waals surface area contributed by atoms with E-state index in [2.05, 4.69) is 30.8 Å². The van der Waals surface area contributed by atoms with E-state index in [0.29, 0.717) is 17.9 Å². The van der Waals surface area contributed by atoms with E-state index in [4.69, 9.17) is 4.74 Å². The van der Waals surface area contributed by atoms with Gasteiger partial charge in [0, 0.05) is 5.56 Å². The van der Waals surface area contributed by atoms with Crippen LogP contribution in [-0.2, 0) is 15.4 Å². The summed E-state index contributed by atoms with van der Waals surface area (Å²) in [4.78, 5) is 12.8. The first-order chi connectivity index (χ1) is 16.0. The van der Waals surface area contributed by atoms with Gasteiger partial charge >= 0.3 is 0 Å². The largest absolute Gasteiger partial charge is 0.491 e. The molecule has 3 aromatic rings. The molecular formula is C27H32N2O4S. The van der Waals surface area contributed by atoms with Gasteiger partial charge in [-0.3, -0.25) is 9.52 Å². The van der Waals surface area contributed by atoms with Crippen molar-refractivity contribution in [2.45, 2.75) is 44.9 Å². The van der Waals surface area contributed by atoms with Gasteiger partial charge in [0.2, 0.25) is 0 Å². The highest BCUT2D eigenvalue weighted by molar-refractivity contribution is 7.92. The third-order valence-corrected chi connectivity index (χ3v) is 6.98. The zero-order chi connectivity index (χ0) is 24.9. The third kappa shape index (κ3) is 6.17. The predicted molar refractivity (Wildman–Crippen MR) is 136 cm³/mol. The molecule has 0 saturated carbocycles. The molecular weight excluding hydrogens is 448 g/mol. The van der Waals surface area contributed by atoms with Crippen molar-refractivity contribution in [1.82, 2.24) is 5.32 Å². The number of amides is 1. The smallest absolute Gasteiger partial charge is 0.262 e. The van der Waals surface area contributed by atoms with E-state index in [1.165, 1.54) is 6.07 Å². The van der Waals surface area contributed by atoms with Crippen molar-refractivity contribution in [3.63, 3.8) is 0 Å². The Kier molecular flexibility index (Phi) is 7.67. The molecule has 0 radical (unpaired) electrons. The maximum absolute atomic E-state index is 13.0. The summed E-state index contributed by atoms with van der Waals surface area (Å²) >= 11 is 0. The van der Waals surface area contributed by atoms with Crippen molar-refractivity contribution >= 4 is 21.6 Å². The Morgan fingerprint density at radius 3 is 2.29 bits per heavy atom. The van der Waals surface area contributed by atoms with Crippen LogP contribution in [0.3, 0.4) is 0 Å². The van der Waals surface area contributed by atoms with E-state index in [-0.39, 0.29) is 28.3 Å². The number of aryl methyl sites for hydroxylation is 2. The molecule has 0 atom stereocenters. The van der Waals surface area contributed by atoms with Gasteiger partial charge in [-0.1, -0.05) is 63.2 Å². The summed E-state index contributed by atoms with van der Waals surface area (Å²) < 4.78 is 34.6. The molecule has 0 spiro atoms. The zero-order valence-corrected chi connectivity index (χ0v) is 21.1. The van der Waals surface area contributed by atoms with E-state index in [1.807, 2.05) is 43.3 Å². The number of anilines is 1. The minimum absolute atomic E-state index is 0.0596. The Hall–Kier alpha value is -3.32. The summed E-state index contributed by atoms with van der Waals surface area (Å²) in [7, 11) is -3.86. The molecule has 3 aromatic carbocycles. The minimum Gasteiger partial charge on any atom is -0.491 e. The molecule has 0 aliphatic heterocycles. The van der Waals surface area contributed by atoms with Gasteiger partial charge in [-0.2, -0.15) is 0 Å². The van der Waals surface area contributed by atoms with Gasteiger partial charge in [0.25, 0.3) is 15.9 Å². The second-order valence-corrected chi connectivity index (χ2v) is 10.9. The lowest BCUT2D eigenvalue weighted by molar-refractivity contribution is 0.0946. The van der Waals surface area contributed by atoms with Crippen molar-refractivity contribution < 1.29 is 17.9 Å². The van der Waals surface area contributed by atoms with Gasteiger partial charge < -0.3 is 10.1 Å². The second kappa shape index (κ2) is 10.3. The van der Waals surface area contributed by atoms with Gasteiger partial charge in [0.15, 0.2) is 0 Å². The lowest BCUT2D eigenvalue weighted by Crippen LogP contribution is -2.28. The summed E-state index contributed by atoms with van der Waals surface area (Å²) in [6.45, 7) is 10.5. The summed E-state index contributed by atoms with van der Waals surface area (Å²) in [5.41, 5.74) is 3.17. The van der Waals surface area contributed by atoms with E-state index in [0.717, 1.165) is 16.9 Å². The van der Waals surface area contributed by atoms with Crippen LogP contribution in [0.4, 0.5) is 5.69 Å². The molecule has 0 heterocycles. The lowest BCUT2D eigenvalue weighted by Gasteiger charge is -2.22. The number of hydrogen-bond acceptors (Lipinski definition) is 4. The van der Waals surface area contributed by atoms with Crippen LogP contribution in [-0.4, -0.2) is 27.5 Å². The zero-order valence-electron chi connectivity index (χ0n) is 20.3. The molecule has 34 heavy (non-hydrogen) atoms. The molecule has 0 unspecified atom stereocenters. The van der Waals surface area contributed by atoms with Crippen LogP contribution < -0.4 is 14.8 Å². The van der Waals surface area contributed by atoms with E-state index in [9.17, 15) is 13.2 Å². The van der Waals surface area contributed by atoms with Gasteiger partial charge in [0.1, 0.15) is 12.4 Å². The van der Waals surface area contributed by atoms with Gasteiger partial charge in [0.05, 0.1) is 17.1 Å². The third-order valence-electron chi connectivity index (χ3n) is 5.47. The molecule has 2 N–H and O–H groups in total. The summed E-state index contributed by atoms with van der Waals surface area (Å²) in [6, 6.07) is 19.7. The van der Waals surface area contributed by atoms with Crippen LogP contribution in [0.5, 0.6) is 5.75 Å². The fraction of sp³-hybridized carbons (Fsp3) is 0.296. The molecule has 0 saturated heterocycles. The van der Waals surface area contributed by atoms with Crippen LogP contribution in [0.2, 0.25) is 0 Å². The average Bonchev–Trinajstić information content (AvgIpc) is 2.78. The fourth-order valence-corrected chi connectivity index (χ4v) is 4.96. The Labute approximate surface area is 202 Å². The highest BCUT2D eigenvalue weighted by Gasteiger charge is 2.21. The number of sulfonamides is 1. The maximum atomic E-state index is 13.0.